The number of hydrogen-bond acceptors (Lipinski definition) is 4. The van der Waals surface area contributed by atoms with E-state index in [2.05, 4.69) is 36.0 Å². The van der Waals surface area contributed by atoms with Crippen LogP contribution in [0, 0.1) is 5.92 Å². The second kappa shape index (κ2) is 5.40. The molecule has 0 aromatic carbocycles. The zero-order chi connectivity index (χ0) is 14.2. The fraction of sp³-hybridized carbons (Fsp3) is 0.812. The van der Waals surface area contributed by atoms with Gasteiger partial charge in [-0.1, -0.05) is 12.8 Å². The minimum absolute atomic E-state index is 0.112. The maximum absolute atomic E-state index is 5.74. The highest BCUT2D eigenvalue weighted by Crippen LogP contribution is 2.38. The second-order valence-corrected chi connectivity index (χ2v) is 7.32. The van der Waals surface area contributed by atoms with Crippen LogP contribution >= 0.6 is 0 Å². The minimum atomic E-state index is 0.112. The Morgan fingerprint density at radius 3 is 2.90 bits per heavy atom. The zero-order valence-corrected chi connectivity index (χ0v) is 13.0. The average Bonchev–Trinajstić information content (AvgIpc) is 3.01. The summed E-state index contributed by atoms with van der Waals surface area (Å²) in [6, 6.07) is 1.51. The van der Waals surface area contributed by atoms with Crippen molar-refractivity contribution in [3.05, 3.63) is 12.0 Å². The van der Waals surface area contributed by atoms with Crippen LogP contribution in [-0.4, -0.2) is 23.1 Å². The first-order chi connectivity index (χ1) is 9.53. The van der Waals surface area contributed by atoms with E-state index in [1.807, 2.05) is 6.26 Å². The third-order valence-corrected chi connectivity index (χ3v) is 4.60. The van der Waals surface area contributed by atoms with Crippen LogP contribution in [-0.2, 0) is 6.54 Å². The van der Waals surface area contributed by atoms with Crippen LogP contribution in [0.4, 0.5) is 6.01 Å². The van der Waals surface area contributed by atoms with Gasteiger partial charge in [0.2, 0.25) is 0 Å². The predicted octanol–water partition coefficient (Wildman–Crippen LogP) is 3.33. The van der Waals surface area contributed by atoms with Gasteiger partial charge in [-0.25, -0.2) is 0 Å². The molecule has 1 N–H and O–H groups in total. The van der Waals surface area contributed by atoms with Gasteiger partial charge >= 0.3 is 0 Å². The van der Waals surface area contributed by atoms with E-state index in [9.17, 15) is 0 Å². The summed E-state index contributed by atoms with van der Waals surface area (Å²) in [4.78, 5) is 7.09. The van der Waals surface area contributed by atoms with Gasteiger partial charge in [-0.05, 0) is 46.0 Å². The molecule has 0 spiro atoms. The number of anilines is 1. The summed E-state index contributed by atoms with van der Waals surface area (Å²) in [7, 11) is 0. The number of hydrogen-bond donors (Lipinski definition) is 1. The number of fused-ring (bicyclic) bond motifs is 1. The SMILES string of the molecule is CC(C)(C)NCc1coc(N2CCC3CCCCC32)n1. The molecule has 2 aliphatic rings. The van der Waals surface area contributed by atoms with Gasteiger partial charge in [0.05, 0.1) is 5.69 Å². The summed E-state index contributed by atoms with van der Waals surface area (Å²) in [5.74, 6) is 0.867. The number of aromatic nitrogens is 1. The lowest BCUT2D eigenvalue weighted by atomic mass is 9.85. The fourth-order valence-electron chi connectivity index (χ4n) is 3.51. The maximum Gasteiger partial charge on any atom is 0.297 e. The molecule has 3 rings (SSSR count). The lowest BCUT2D eigenvalue weighted by Crippen LogP contribution is -2.36. The van der Waals surface area contributed by atoms with Crippen molar-refractivity contribution in [2.75, 3.05) is 11.4 Å². The van der Waals surface area contributed by atoms with Gasteiger partial charge in [0.15, 0.2) is 0 Å². The molecule has 20 heavy (non-hydrogen) atoms. The molecule has 2 unspecified atom stereocenters. The highest BCUT2D eigenvalue weighted by molar-refractivity contribution is 5.32. The van der Waals surface area contributed by atoms with Crippen molar-refractivity contribution in [1.29, 1.82) is 0 Å². The standard InChI is InChI=1S/C16H27N3O/c1-16(2,3)17-10-13-11-20-15(18-13)19-9-8-12-6-4-5-7-14(12)19/h11-12,14,17H,4-10H2,1-3H3. The molecule has 1 saturated heterocycles. The zero-order valence-electron chi connectivity index (χ0n) is 13.0. The van der Waals surface area contributed by atoms with E-state index < -0.39 is 0 Å². The third-order valence-electron chi connectivity index (χ3n) is 4.60. The highest BCUT2D eigenvalue weighted by atomic mass is 16.4. The second-order valence-electron chi connectivity index (χ2n) is 7.32. The first kappa shape index (κ1) is 13.9. The molecule has 2 fully saturated rings. The van der Waals surface area contributed by atoms with E-state index in [4.69, 9.17) is 4.42 Å². The monoisotopic (exact) mass is 277 g/mol. The molecule has 0 bridgehead atoms. The fourth-order valence-corrected chi connectivity index (χ4v) is 3.51. The van der Waals surface area contributed by atoms with Gasteiger partial charge in [0.25, 0.3) is 6.01 Å². The van der Waals surface area contributed by atoms with Gasteiger partial charge in [0.1, 0.15) is 6.26 Å². The number of nitrogens with one attached hydrogen (secondary N) is 1. The van der Waals surface area contributed by atoms with Crippen molar-refractivity contribution in [1.82, 2.24) is 10.3 Å². The van der Waals surface area contributed by atoms with Gasteiger partial charge in [-0.2, -0.15) is 4.98 Å². The van der Waals surface area contributed by atoms with Crippen molar-refractivity contribution < 1.29 is 4.42 Å². The predicted molar refractivity (Wildman–Crippen MR) is 80.8 cm³/mol. The van der Waals surface area contributed by atoms with E-state index in [0.717, 1.165) is 30.7 Å². The molecule has 1 aromatic rings. The Balaban J connectivity index is 1.64. The molecular formula is C16H27N3O. The summed E-state index contributed by atoms with van der Waals surface area (Å²) < 4.78 is 5.74. The third kappa shape index (κ3) is 3.00. The van der Waals surface area contributed by atoms with Gasteiger partial charge in [0, 0.05) is 24.7 Å². The van der Waals surface area contributed by atoms with Crippen LogP contribution in [0.3, 0.4) is 0 Å². The average molecular weight is 277 g/mol. The molecule has 0 amide bonds. The normalized spacial score (nSPS) is 26.9. The Hall–Kier alpha value is -1.03. The lowest BCUT2D eigenvalue weighted by Gasteiger charge is -2.30. The number of nitrogens with zero attached hydrogens (tertiary/aromatic N) is 2. The summed E-state index contributed by atoms with van der Waals surface area (Å²) >= 11 is 0. The van der Waals surface area contributed by atoms with Crippen LogP contribution < -0.4 is 10.2 Å². The molecule has 2 heterocycles. The highest BCUT2D eigenvalue weighted by Gasteiger charge is 2.37. The topological polar surface area (TPSA) is 41.3 Å². The number of oxazole rings is 1. The van der Waals surface area contributed by atoms with Gasteiger partial charge in [-0.15, -0.1) is 0 Å². The Bertz CT molecular complexity index is 449. The molecule has 0 radical (unpaired) electrons. The molecule has 4 heteroatoms. The molecular weight excluding hydrogens is 250 g/mol. The van der Waals surface area contributed by atoms with Crippen molar-refractivity contribution in [3.63, 3.8) is 0 Å². The molecule has 112 valence electrons. The Morgan fingerprint density at radius 2 is 2.10 bits per heavy atom. The van der Waals surface area contributed by atoms with Crippen molar-refractivity contribution in [2.45, 2.75) is 71.0 Å². The van der Waals surface area contributed by atoms with E-state index in [0.29, 0.717) is 6.04 Å². The van der Waals surface area contributed by atoms with Crippen molar-refractivity contribution >= 4 is 6.01 Å². The van der Waals surface area contributed by atoms with E-state index in [1.165, 1.54) is 32.1 Å². The van der Waals surface area contributed by atoms with E-state index in [-0.39, 0.29) is 5.54 Å². The van der Waals surface area contributed by atoms with Crippen LogP contribution in [0.25, 0.3) is 0 Å². The van der Waals surface area contributed by atoms with E-state index >= 15 is 0 Å². The summed E-state index contributed by atoms with van der Waals surface area (Å²) in [5.41, 5.74) is 1.12. The minimum Gasteiger partial charge on any atom is -0.432 e. The van der Waals surface area contributed by atoms with Crippen molar-refractivity contribution in [3.8, 4) is 0 Å². The maximum atomic E-state index is 5.74. The van der Waals surface area contributed by atoms with Gasteiger partial charge in [-0.3, -0.25) is 0 Å². The summed E-state index contributed by atoms with van der Waals surface area (Å²) in [6.45, 7) is 8.39. The summed E-state index contributed by atoms with van der Waals surface area (Å²) in [5, 5.41) is 3.46. The molecule has 1 aliphatic carbocycles. The van der Waals surface area contributed by atoms with E-state index in [1.54, 1.807) is 0 Å². The Labute approximate surface area is 121 Å². The molecule has 1 aromatic heterocycles. The van der Waals surface area contributed by atoms with Crippen LogP contribution in [0.1, 0.15) is 58.6 Å². The Morgan fingerprint density at radius 1 is 1.30 bits per heavy atom. The van der Waals surface area contributed by atoms with Crippen LogP contribution in [0.5, 0.6) is 0 Å². The number of rotatable bonds is 3. The lowest BCUT2D eigenvalue weighted by molar-refractivity contribution is 0.335. The van der Waals surface area contributed by atoms with Crippen LogP contribution in [0.2, 0.25) is 0 Å². The Kier molecular flexibility index (Phi) is 3.76. The smallest absolute Gasteiger partial charge is 0.297 e. The summed E-state index contributed by atoms with van der Waals surface area (Å²) in [6.07, 6.45) is 8.58. The molecule has 1 saturated carbocycles. The largest absolute Gasteiger partial charge is 0.432 e. The first-order valence-corrected chi connectivity index (χ1v) is 7.99. The van der Waals surface area contributed by atoms with Crippen LogP contribution in [0.15, 0.2) is 10.7 Å². The van der Waals surface area contributed by atoms with Crippen molar-refractivity contribution in [2.24, 2.45) is 5.92 Å². The molecule has 4 nitrogen and oxygen atoms in total. The molecule has 2 atom stereocenters. The van der Waals surface area contributed by atoms with Gasteiger partial charge < -0.3 is 14.6 Å². The first-order valence-electron chi connectivity index (χ1n) is 7.99. The molecule has 1 aliphatic heterocycles. The quantitative estimate of drug-likeness (QED) is 0.920.